The molecule has 0 radical (unpaired) electrons. The molecule has 25 heavy (non-hydrogen) atoms. The molecule has 4 rings (SSSR count). The molecule has 0 saturated carbocycles. The molecule has 0 aliphatic heterocycles. The van der Waals surface area contributed by atoms with Crippen LogP contribution in [-0.2, 0) is 0 Å². The van der Waals surface area contributed by atoms with Gasteiger partial charge in [-0.3, -0.25) is 0 Å². The van der Waals surface area contributed by atoms with Crippen LogP contribution in [0, 0.1) is 6.92 Å². The average Bonchev–Trinajstić information content (AvgIpc) is 3.09. The van der Waals surface area contributed by atoms with Crippen LogP contribution in [-0.4, -0.2) is 15.0 Å². The van der Waals surface area contributed by atoms with Crippen LogP contribution in [0.25, 0.3) is 22.8 Å². The Morgan fingerprint density at radius 2 is 1.48 bits per heavy atom. The zero-order valence-corrected chi connectivity index (χ0v) is 13.4. The van der Waals surface area contributed by atoms with E-state index in [1.807, 2.05) is 82.4 Å². The van der Waals surface area contributed by atoms with Gasteiger partial charge in [-0.1, -0.05) is 56.0 Å². The maximum atomic E-state index is 4.74. The Hall–Kier alpha value is -3.27. The van der Waals surface area contributed by atoms with Gasteiger partial charge in [0, 0.05) is 4.80 Å². The Kier molecular flexibility index (Phi) is 4.70. The van der Waals surface area contributed by atoms with Gasteiger partial charge in [-0.15, -0.1) is 0 Å². The molecule has 0 spiro atoms. The summed E-state index contributed by atoms with van der Waals surface area (Å²) < 4.78 is 0. The van der Waals surface area contributed by atoms with E-state index in [0.717, 1.165) is 16.9 Å². The summed E-state index contributed by atoms with van der Waals surface area (Å²) in [6.45, 7) is 2.07. The molecule has 1 aromatic heterocycles. The third-order valence-corrected chi connectivity index (χ3v) is 3.81. The first-order chi connectivity index (χ1) is 11.8. The standard InChI is InChI=1S/C20H17N4.CH4/c1-16-9-8-14-19(15-16)24-22-20(17-10-4-2-5-11-17)21-23(24)18-12-6-3-7-13-18;/h2-15H,1H3;1H4/q+1;. The van der Waals surface area contributed by atoms with E-state index >= 15 is 0 Å². The Bertz CT molecular complexity index is 960. The number of aromatic nitrogens is 4. The summed E-state index contributed by atoms with van der Waals surface area (Å²) in [6, 6.07) is 28.3. The second kappa shape index (κ2) is 7.09. The normalized spacial score (nSPS) is 10.3. The molecule has 0 saturated heterocycles. The number of hydrogen-bond donors (Lipinski definition) is 0. The molecule has 4 nitrogen and oxygen atoms in total. The summed E-state index contributed by atoms with van der Waals surface area (Å²) in [6.07, 6.45) is 0. The first-order valence-corrected chi connectivity index (χ1v) is 7.89. The highest BCUT2D eigenvalue weighted by atomic mass is 15.7. The van der Waals surface area contributed by atoms with Crippen molar-refractivity contribution in [3.8, 4) is 22.8 Å². The SMILES string of the molecule is C.Cc1cccc(-n2nc(-c3ccccc3)n[n+]2-c2ccccc2)c1. The largest absolute Gasteiger partial charge is 0.340 e. The molecule has 0 aliphatic rings. The lowest BCUT2D eigenvalue weighted by molar-refractivity contribution is -0.734. The predicted molar refractivity (Wildman–Crippen MR) is 99.8 cm³/mol. The maximum Gasteiger partial charge on any atom is 0.340 e. The van der Waals surface area contributed by atoms with Gasteiger partial charge in [-0.25, -0.2) is 0 Å². The van der Waals surface area contributed by atoms with Gasteiger partial charge in [0.15, 0.2) is 5.69 Å². The highest BCUT2D eigenvalue weighted by Gasteiger charge is 2.22. The summed E-state index contributed by atoms with van der Waals surface area (Å²) in [5.74, 6) is 0.695. The van der Waals surface area contributed by atoms with Crippen molar-refractivity contribution < 1.29 is 4.80 Å². The van der Waals surface area contributed by atoms with Crippen LogP contribution in [0.3, 0.4) is 0 Å². The molecule has 0 N–H and O–H groups in total. The number of tetrazole rings is 1. The van der Waals surface area contributed by atoms with Crippen LogP contribution in [0.5, 0.6) is 0 Å². The van der Waals surface area contributed by atoms with Gasteiger partial charge in [0.2, 0.25) is 0 Å². The van der Waals surface area contributed by atoms with E-state index < -0.39 is 0 Å². The van der Waals surface area contributed by atoms with Crippen molar-refractivity contribution in [1.29, 1.82) is 0 Å². The number of para-hydroxylation sites is 1. The highest BCUT2D eigenvalue weighted by molar-refractivity contribution is 5.53. The molecule has 3 aromatic carbocycles. The molecule has 0 aliphatic carbocycles. The number of hydrogen-bond acceptors (Lipinski definition) is 2. The fourth-order valence-electron chi connectivity index (χ4n) is 2.63. The minimum absolute atomic E-state index is 0. The van der Waals surface area contributed by atoms with Gasteiger partial charge in [0.1, 0.15) is 5.69 Å². The third kappa shape index (κ3) is 3.33. The summed E-state index contributed by atoms with van der Waals surface area (Å²) in [7, 11) is 0. The molecule has 0 atom stereocenters. The summed E-state index contributed by atoms with van der Waals surface area (Å²) >= 11 is 0. The summed E-state index contributed by atoms with van der Waals surface area (Å²) in [4.78, 5) is 3.67. The molecule has 1 heterocycles. The minimum atomic E-state index is 0. The molecule has 0 bridgehead atoms. The first-order valence-electron chi connectivity index (χ1n) is 7.89. The number of rotatable bonds is 3. The average molecular weight is 329 g/mol. The number of aryl methyl sites for hydroxylation is 1. The third-order valence-electron chi connectivity index (χ3n) is 3.81. The zero-order chi connectivity index (χ0) is 16.4. The molecular weight excluding hydrogens is 308 g/mol. The van der Waals surface area contributed by atoms with Crippen molar-refractivity contribution in [1.82, 2.24) is 15.0 Å². The second-order valence-electron chi connectivity index (χ2n) is 5.64. The lowest BCUT2D eigenvalue weighted by Gasteiger charge is -2.00. The molecular formula is C21H21N4+. The summed E-state index contributed by atoms with van der Waals surface area (Å²) in [5.41, 5.74) is 4.12. The van der Waals surface area contributed by atoms with E-state index in [4.69, 9.17) is 10.2 Å². The quantitative estimate of drug-likeness (QED) is 0.529. The molecule has 124 valence electrons. The lowest BCUT2D eigenvalue weighted by atomic mass is 10.2. The molecule has 4 heteroatoms. The Morgan fingerprint density at radius 1 is 0.800 bits per heavy atom. The van der Waals surface area contributed by atoms with E-state index in [1.165, 1.54) is 5.56 Å². The first kappa shape index (κ1) is 16.6. The Morgan fingerprint density at radius 3 is 2.16 bits per heavy atom. The van der Waals surface area contributed by atoms with Gasteiger partial charge >= 0.3 is 5.82 Å². The number of benzene rings is 3. The second-order valence-corrected chi connectivity index (χ2v) is 5.64. The van der Waals surface area contributed by atoms with E-state index in [0.29, 0.717) is 5.82 Å². The van der Waals surface area contributed by atoms with Crippen molar-refractivity contribution in [2.24, 2.45) is 0 Å². The maximum absolute atomic E-state index is 4.74. The lowest BCUT2D eigenvalue weighted by Crippen LogP contribution is -2.43. The van der Waals surface area contributed by atoms with Crippen LogP contribution in [0.15, 0.2) is 84.9 Å². The van der Waals surface area contributed by atoms with E-state index in [2.05, 4.69) is 19.1 Å². The molecule has 0 amide bonds. The van der Waals surface area contributed by atoms with Crippen LogP contribution >= 0.6 is 0 Å². The Balaban J connectivity index is 0.00000182. The van der Waals surface area contributed by atoms with E-state index in [1.54, 1.807) is 0 Å². The number of nitrogens with zero attached hydrogens (tertiary/aromatic N) is 4. The predicted octanol–water partition coefficient (Wildman–Crippen LogP) is 4.16. The molecule has 4 aromatic rings. The van der Waals surface area contributed by atoms with Gasteiger partial charge < -0.3 is 0 Å². The fraction of sp³-hybridized carbons (Fsp3) is 0.0952. The Labute approximate surface area is 148 Å². The van der Waals surface area contributed by atoms with Crippen molar-refractivity contribution in [3.05, 3.63) is 90.5 Å². The van der Waals surface area contributed by atoms with Gasteiger partial charge in [0.05, 0.1) is 10.7 Å². The highest BCUT2D eigenvalue weighted by Crippen LogP contribution is 2.15. The van der Waals surface area contributed by atoms with Crippen molar-refractivity contribution in [2.75, 3.05) is 0 Å². The molecule has 0 unspecified atom stereocenters. The smallest absolute Gasteiger partial charge is 0.0776 e. The minimum Gasteiger partial charge on any atom is -0.0776 e. The van der Waals surface area contributed by atoms with Crippen LogP contribution in [0.1, 0.15) is 13.0 Å². The molecule has 0 fully saturated rings. The van der Waals surface area contributed by atoms with Gasteiger partial charge in [-0.2, -0.15) is 0 Å². The van der Waals surface area contributed by atoms with Crippen LogP contribution in [0.2, 0.25) is 0 Å². The van der Waals surface area contributed by atoms with E-state index in [-0.39, 0.29) is 7.43 Å². The fourth-order valence-corrected chi connectivity index (χ4v) is 2.63. The van der Waals surface area contributed by atoms with Crippen molar-refractivity contribution in [2.45, 2.75) is 14.4 Å². The van der Waals surface area contributed by atoms with Crippen LogP contribution in [0.4, 0.5) is 0 Å². The topological polar surface area (TPSA) is 34.6 Å². The monoisotopic (exact) mass is 329 g/mol. The van der Waals surface area contributed by atoms with E-state index in [9.17, 15) is 0 Å². The van der Waals surface area contributed by atoms with Gasteiger partial charge in [0.25, 0.3) is 0 Å². The van der Waals surface area contributed by atoms with Crippen molar-refractivity contribution >= 4 is 0 Å². The zero-order valence-electron chi connectivity index (χ0n) is 13.4. The summed E-state index contributed by atoms with van der Waals surface area (Å²) in [5, 5.41) is 9.46. The van der Waals surface area contributed by atoms with Crippen molar-refractivity contribution in [3.63, 3.8) is 0 Å². The van der Waals surface area contributed by atoms with Crippen LogP contribution < -0.4 is 4.80 Å². The van der Waals surface area contributed by atoms with Gasteiger partial charge in [-0.05, 0) is 58.8 Å².